The molecule has 0 atom stereocenters. The topological polar surface area (TPSA) is 85.5 Å². The molecule has 0 aliphatic carbocycles. The van der Waals surface area contributed by atoms with E-state index < -0.39 is 11.4 Å². The number of pyridine rings is 1. The van der Waals surface area contributed by atoms with Gasteiger partial charge in [0.15, 0.2) is 5.43 Å². The minimum absolute atomic E-state index is 0.213. The summed E-state index contributed by atoms with van der Waals surface area (Å²) in [5.74, 6) is -0.651. The highest BCUT2D eigenvalue weighted by Crippen LogP contribution is 2.33. The Labute approximate surface area is 155 Å². The number of nitrogens with zero attached hydrogens (tertiary/aromatic N) is 2. The zero-order valence-corrected chi connectivity index (χ0v) is 15.0. The summed E-state index contributed by atoms with van der Waals surface area (Å²) in [6.07, 6.45) is 1.11. The molecule has 3 heterocycles. The molecule has 1 spiro atoms. The van der Waals surface area contributed by atoms with Gasteiger partial charge in [0.1, 0.15) is 11.4 Å². The first-order valence-electron chi connectivity index (χ1n) is 9.10. The molecule has 2 aromatic rings. The highest BCUT2D eigenvalue weighted by Gasteiger charge is 2.53. The Morgan fingerprint density at radius 1 is 1.15 bits per heavy atom. The van der Waals surface area contributed by atoms with E-state index in [-0.39, 0.29) is 17.4 Å². The number of nitrogens with one attached hydrogen (secondary N) is 2. The van der Waals surface area contributed by atoms with E-state index in [0.717, 1.165) is 5.69 Å². The number of hydrogen-bond donors (Lipinski definition) is 2. The van der Waals surface area contributed by atoms with E-state index in [2.05, 4.69) is 15.2 Å². The third-order valence-electron chi connectivity index (χ3n) is 5.65. The third kappa shape index (κ3) is 2.90. The average Bonchev–Trinajstić information content (AvgIpc) is 2.87. The number of H-pyrrole nitrogens is 1. The van der Waals surface area contributed by atoms with Crippen molar-refractivity contribution in [2.24, 2.45) is 0 Å². The second kappa shape index (κ2) is 6.45. The zero-order valence-electron chi connectivity index (χ0n) is 15.0. The first-order valence-corrected chi connectivity index (χ1v) is 9.10. The largest absolute Gasteiger partial charge is 0.357 e. The van der Waals surface area contributed by atoms with Crippen LogP contribution in [0.15, 0.2) is 29.1 Å². The molecule has 8 heteroatoms. The van der Waals surface area contributed by atoms with E-state index in [1.54, 1.807) is 11.0 Å². The molecule has 27 heavy (non-hydrogen) atoms. The Bertz CT molecular complexity index is 979. The van der Waals surface area contributed by atoms with Crippen LogP contribution in [-0.2, 0) is 11.3 Å². The molecule has 0 unspecified atom stereocenters. The molecule has 1 aromatic carbocycles. The van der Waals surface area contributed by atoms with Crippen LogP contribution in [0.2, 0.25) is 0 Å². The van der Waals surface area contributed by atoms with Crippen molar-refractivity contribution in [3.8, 4) is 0 Å². The Kier molecular flexibility index (Phi) is 4.22. The summed E-state index contributed by atoms with van der Waals surface area (Å²) in [5.41, 5.74) is 0.376. The number of fused-ring (bicyclic) bond motifs is 1. The minimum atomic E-state index is -0.753. The predicted octanol–water partition coefficient (Wildman–Crippen LogP) is 1.57. The van der Waals surface area contributed by atoms with E-state index in [0.29, 0.717) is 49.9 Å². The van der Waals surface area contributed by atoms with E-state index >= 15 is 0 Å². The molecule has 4 rings (SSSR count). The maximum atomic E-state index is 13.3. The van der Waals surface area contributed by atoms with Crippen LogP contribution >= 0.6 is 0 Å². The van der Waals surface area contributed by atoms with Gasteiger partial charge in [-0.05, 0) is 38.0 Å². The van der Waals surface area contributed by atoms with Crippen LogP contribution in [0.3, 0.4) is 0 Å². The van der Waals surface area contributed by atoms with Crippen molar-refractivity contribution in [2.75, 3.05) is 19.6 Å². The predicted molar refractivity (Wildman–Crippen MR) is 97.7 cm³/mol. The fraction of sp³-hybridized carbons (Fsp3) is 0.421. The van der Waals surface area contributed by atoms with Crippen molar-refractivity contribution in [3.05, 3.63) is 46.0 Å². The van der Waals surface area contributed by atoms with Crippen LogP contribution in [0.4, 0.5) is 9.18 Å². The number of halogens is 1. The molecule has 2 fully saturated rings. The SMILES string of the molecule is CCN1C(=O)NC(=O)C12CCN(Cc1cc(=O)c3cc(F)ccc3[nH]1)CC2. The number of aromatic nitrogens is 1. The molecule has 0 radical (unpaired) electrons. The van der Waals surface area contributed by atoms with E-state index in [1.807, 2.05) is 6.92 Å². The van der Waals surface area contributed by atoms with Gasteiger partial charge in [0.05, 0.1) is 0 Å². The number of carbonyl (C=O) groups is 2. The van der Waals surface area contributed by atoms with Gasteiger partial charge in [-0.15, -0.1) is 0 Å². The van der Waals surface area contributed by atoms with Crippen LogP contribution in [0, 0.1) is 5.82 Å². The molecule has 3 amide bonds. The van der Waals surface area contributed by atoms with E-state index in [9.17, 15) is 18.8 Å². The highest BCUT2D eigenvalue weighted by atomic mass is 19.1. The summed E-state index contributed by atoms with van der Waals surface area (Å²) >= 11 is 0. The molecule has 7 nitrogen and oxygen atoms in total. The maximum absolute atomic E-state index is 13.3. The lowest BCUT2D eigenvalue weighted by atomic mass is 9.86. The highest BCUT2D eigenvalue weighted by molar-refractivity contribution is 6.07. The Hall–Kier alpha value is -2.74. The molecule has 1 aromatic heterocycles. The molecule has 142 valence electrons. The molecule has 0 saturated carbocycles. The molecular weight excluding hydrogens is 351 g/mol. The molecule has 2 N–H and O–H groups in total. The number of piperidine rings is 1. The standard InChI is InChI=1S/C19H21FN4O3/c1-2-24-18(27)22-17(26)19(24)5-7-23(8-6-19)11-13-10-16(25)14-9-12(20)3-4-15(14)21-13/h3-4,9-10H,2,5-8,11H2,1H3,(H,21,25)(H,22,26,27). The molecular formula is C19H21FN4O3. The summed E-state index contributed by atoms with van der Waals surface area (Å²) in [6.45, 7) is 4.17. The summed E-state index contributed by atoms with van der Waals surface area (Å²) in [7, 11) is 0. The molecule has 0 bridgehead atoms. The second-order valence-corrected chi connectivity index (χ2v) is 7.16. The summed E-state index contributed by atoms with van der Waals surface area (Å²) in [4.78, 5) is 43.5. The monoisotopic (exact) mass is 372 g/mol. The summed E-state index contributed by atoms with van der Waals surface area (Å²) in [5, 5.41) is 2.76. The average molecular weight is 372 g/mol. The van der Waals surface area contributed by atoms with Gasteiger partial charge < -0.3 is 9.88 Å². The second-order valence-electron chi connectivity index (χ2n) is 7.16. The number of urea groups is 1. The lowest BCUT2D eigenvalue weighted by molar-refractivity contribution is -0.129. The van der Waals surface area contributed by atoms with Gasteiger partial charge >= 0.3 is 6.03 Å². The lowest BCUT2D eigenvalue weighted by Gasteiger charge is -2.41. The van der Waals surface area contributed by atoms with Gasteiger partial charge in [0.2, 0.25) is 0 Å². The van der Waals surface area contributed by atoms with Gasteiger partial charge in [-0.25, -0.2) is 9.18 Å². The van der Waals surface area contributed by atoms with Crippen molar-refractivity contribution in [3.63, 3.8) is 0 Å². The van der Waals surface area contributed by atoms with Gasteiger partial charge in [0.25, 0.3) is 5.91 Å². The number of benzene rings is 1. The van der Waals surface area contributed by atoms with Gasteiger partial charge in [-0.2, -0.15) is 0 Å². The number of amides is 3. The number of aromatic amines is 1. The normalized spacial score (nSPS) is 19.9. The summed E-state index contributed by atoms with van der Waals surface area (Å²) < 4.78 is 13.3. The summed E-state index contributed by atoms with van der Waals surface area (Å²) in [6, 6.07) is 5.30. The van der Waals surface area contributed by atoms with Crippen molar-refractivity contribution in [1.82, 2.24) is 20.1 Å². The molecule has 2 aliphatic heterocycles. The fourth-order valence-corrected chi connectivity index (χ4v) is 4.22. The zero-order chi connectivity index (χ0) is 19.2. The van der Waals surface area contributed by atoms with E-state index in [1.165, 1.54) is 18.2 Å². The number of hydrogen-bond acceptors (Lipinski definition) is 4. The Morgan fingerprint density at radius 2 is 1.89 bits per heavy atom. The van der Waals surface area contributed by atoms with Crippen LogP contribution < -0.4 is 10.7 Å². The van der Waals surface area contributed by atoms with Crippen LogP contribution in [0.25, 0.3) is 10.9 Å². The van der Waals surface area contributed by atoms with Crippen LogP contribution in [-0.4, -0.2) is 51.9 Å². The van der Waals surface area contributed by atoms with Crippen molar-refractivity contribution < 1.29 is 14.0 Å². The molecule has 2 saturated heterocycles. The van der Waals surface area contributed by atoms with E-state index in [4.69, 9.17) is 0 Å². The lowest BCUT2D eigenvalue weighted by Crippen LogP contribution is -2.56. The minimum Gasteiger partial charge on any atom is -0.357 e. The van der Waals surface area contributed by atoms with Crippen LogP contribution in [0.5, 0.6) is 0 Å². The quantitative estimate of drug-likeness (QED) is 0.801. The van der Waals surface area contributed by atoms with Crippen molar-refractivity contribution in [2.45, 2.75) is 31.8 Å². The van der Waals surface area contributed by atoms with Crippen molar-refractivity contribution in [1.29, 1.82) is 0 Å². The number of rotatable bonds is 3. The number of carbonyl (C=O) groups excluding carboxylic acids is 2. The fourth-order valence-electron chi connectivity index (χ4n) is 4.22. The van der Waals surface area contributed by atoms with Crippen molar-refractivity contribution >= 4 is 22.8 Å². The number of likely N-dealkylation sites (tertiary alicyclic amines) is 1. The first-order chi connectivity index (χ1) is 12.9. The van der Waals surface area contributed by atoms with Crippen LogP contribution in [0.1, 0.15) is 25.5 Å². The molecule has 2 aliphatic rings. The number of likely N-dealkylation sites (N-methyl/N-ethyl adjacent to an activating group) is 1. The maximum Gasteiger partial charge on any atom is 0.325 e. The Morgan fingerprint density at radius 3 is 2.59 bits per heavy atom. The van der Waals surface area contributed by atoms with Gasteiger partial charge in [-0.1, -0.05) is 0 Å². The smallest absolute Gasteiger partial charge is 0.325 e. The Balaban J connectivity index is 1.51. The first kappa shape index (κ1) is 17.7. The third-order valence-corrected chi connectivity index (χ3v) is 5.65. The van der Waals surface area contributed by atoms with Gasteiger partial charge in [-0.3, -0.25) is 19.8 Å². The van der Waals surface area contributed by atoms with Gasteiger partial charge in [0, 0.05) is 48.8 Å². The number of imide groups is 1.